The number of hydrogen-bond donors (Lipinski definition) is 1. The summed E-state index contributed by atoms with van der Waals surface area (Å²) < 4.78 is 33.0. The van der Waals surface area contributed by atoms with Crippen molar-refractivity contribution in [3.63, 3.8) is 0 Å². The second-order valence-corrected chi connectivity index (χ2v) is 8.64. The smallest absolute Gasteiger partial charge is 0.266 e. The number of benzene rings is 2. The summed E-state index contributed by atoms with van der Waals surface area (Å²) in [5, 5.41) is 2.95. The van der Waals surface area contributed by atoms with Crippen LogP contribution < -0.4 is 14.4 Å². The minimum absolute atomic E-state index is 0.00990. The van der Waals surface area contributed by atoms with Gasteiger partial charge in [-0.25, -0.2) is 8.42 Å². The van der Waals surface area contributed by atoms with E-state index in [1.165, 1.54) is 25.3 Å². The van der Waals surface area contributed by atoms with E-state index < -0.39 is 22.5 Å². The predicted molar refractivity (Wildman–Crippen MR) is 112 cm³/mol. The summed E-state index contributed by atoms with van der Waals surface area (Å²) in [6.45, 7) is 2.04. The van der Waals surface area contributed by atoms with E-state index in [1.807, 2.05) is 6.92 Å². The molecule has 0 spiro atoms. The van der Waals surface area contributed by atoms with Crippen LogP contribution in [0.3, 0.4) is 0 Å². The van der Waals surface area contributed by atoms with Gasteiger partial charge in [0.25, 0.3) is 10.0 Å². The second kappa shape index (κ2) is 10.0. The van der Waals surface area contributed by atoms with Crippen LogP contribution in [0.25, 0.3) is 0 Å². The van der Waals surface area contributed by atoms with Gasteiger partial charge in [0.05, 0.1) is 17.8 Å². The summed E-state index contributed by atoms with van der Waals surface area (Å²) in [7, 11) is -2.76. The summed E-state index contributed by atoms with van der Waals surface area (Å²) in [4.78, 5) is 12.2. The van der Waals surface area contributed by atoms with Gasteiger partial charge in [-0.05, 0) is 36.8 Å². The number of methoxy groups -OCH3 is 1. The Labute approximate surface area is 175 Å². The van der Waals surface area contributed by atoms with E-state index in [2.05, 4.69) is 5.32 Å². The van der Waals surface area contributed by atoms with Gasteiger partial charge in [0.1, 0.15) is 17.2 Å². The van der Waals surface area contributed by atoms with E-state index in [0.717, 1.165) is 17.1 Å². The van der Waals surface area contributed by atoms with Crippen LogP contribution in [0.5, 0.6) is 5.75 Å². The number of sulfonamides is 1. The fourth-order valence-corrected chi connectivity index (χ4v) is 4.69. The lowest BCUT2D eigenvalue weighted by atomic mass is 10.3. The molecule has 2 rings (SSSR count). The molecule has 0 aliphatic heterocycles. The van der Waals surface area contributed by atoms with Crippen LogP contribution in [0.1, 0.15) is 19.8 Å². The number of nitrogens with zero attached hydrogens (tertiary/aromatic N) is 1. The lowest BCUT2D eigenvalue weighted by Gasteiger charge is -2.26. The van der Waals surface area contributed by atoms with Crippen LogP contribution in [0.15, 0.2) is 47.4 Å². The topological polar surface area (TPSA) is 75.7 Å². The Morgan fingerprint density at radius 2 is 1.89 bits per heavy atom. The van der Waals surface area contributed by atoms with Crippen molar-refractivity contribution >= 4 is 44.8 Å². The number of nitrogens with one attached hydrogen (secondary N) is 1. The molecular formula is C19H22Cl2N2O4S. The lowest BCUT2D eigenvalue weighted by Crippen LogP contribution is -2.41. The van der Waals surface area contributed by atoms with Crippen molar-refractivity contribution in [2.75, 3.05) is 24.5 Å². The molecule has 2 aromatic rings. The van der Waals surface area contributed by atoms with Crippen molar-refractivity contribution in [3.05, 3.63) is 52.5 Å². The maximum absolute atomic E-state index is 13.4. The first-order valence-corrected chi connectivity index (χ1v) is 10.9. The molecule has 1 N–H and O–H groups in total. The lowest BCUT2D eigenvalue weighted by molar-refractivity contribution is -0.119. The molecule has 9 heteroatoms. The Morgan fingerprint density at radius 3 is 2.57 bits per heavy atom. The first-order chi connectivity index (χ1) is 13.3. The number of unbranched alkanes of at least 4 members (excludes halogenated alkanes) is 1. The largest absolute Gasteiger partial charge is 0.495 e. The highest BCUT2D eigenvalue weighted by atomic mass is 35.5. The number of para-hydroxylation sites is 2. The molecule has 28 heavy (non-hydrogen) atoms. The normalized spacial score (nSPS) is 11.1. The van der Waals surface area contributed by atoms with Crippen molar-refractivity contribution in [1.82, 2.24) is 5.32 Å². The van der Waals surface area contributed by atoms with E-state index in [0.29, 0.717) is 12.3 Å². The highest BCUT2D eigenvalue weighted by Gasteiger charge is 2.31. The van der Waals surface area contributed by atoms with Crippen LogP contribution in [0.4, 0.5) is 5.69 Å². The summed E-state index contributed by atoms with van der Waals surface area (Å²) in [5.74, 6) is -0.119. The maximum atomic E-state index is 13.4. The molecule has 2 aromatic carbocycles. The Bertz CT molecular complexity index is 935. The van der Waals surface area contributed by atoms with E-state index in [4.69, 9.17) is 27.9 Å². The first-order valence-electron chi connectivity index (χ1n) is 8.68. The molecule has 0 aliphatic rings. The number of rotatable bonds is 9. The molecule has 0 radical (unpaired) electrons. The zero-order valence-corrected chi connectivity index (χ0v) is 17.9. The van der Waals surface area contributed by atoms with Crippen molar-refractivity contribution in [2.24, 2.45) is 0 Å². The minimum atomic E-state index is -4.19. The van der Waals surface area contributed by atoms with Crippen molar-refractivity contribution in [2.45, 2.75) is 24.7 Å². The van der Waals surface area contributed by atoms with Crippen molar-refractivity contribution in [3.8, 4) is 5.75 Å². The van der Waals surface area contributed by atoms with E-state index in [-0.39, 0.29) is 20.6 Å². The summed E-state index contributed by atoms with van der Waals surface area (Å²) in [5.41, 5.74) is 0.228. The second-order valence-electron chi connectivity index (χ2n) is 5.96. The number of carbonyl (C=O) groups excluding carboxylic acids is 1. The van der Waals surface area contributed by atoms with E-state index in [9.17, 15) is 13.2 Å². The van der Waals surface area contributed by atoms with Crippen LogP contribution in [-0.2, 0) is 14.8 Å². The van der Waals surface area contributed by atoms with Crippen LogP contribution in [-0.4, -0.2) is 34.5 Å². The highest BCUT2D eigenvalue weighted by Crippen LogP contribution is 2.35. The van der Waals surface area contributed by atoms with Crippen molar-refractivity contribution in [1.29, 1.82) is 0 Å². The maximum Gasteiger partial charge on any atom is 0.266 e. The average molecular weight is 445 g/mol. The fourth-order valence-electron chi connectivity index (χ4n) is 2.52. The molecule has 0 aromatic heterocycles. The molecule has 0 atom stereocenters. The zero-order chi connectivity index (χ0) is 20.7. The number of halogens is 2. The van der Waals surface area contributed by atoms with Gasteiger partial charge in [0.15, 0.2) is 0 Å². The monoisotopic (exact) mass is 444 g/mol. The predicted octanol–water partition coefficient (Wildman–Crippen LogP) is 4.11. The Balaban J connectivity index is 2.51. The zero-order valence-electron chi connectivity index (χ0n) is 15.6. The van der Waals surface area contributed by atoms with Gasteiger partial charge in [0.2, 0.25) is 5.91 Å². The third-order valence-electron chi connectivity index (χ3n) is 3.95. The van der Waals surface area contributed by atoms with Crippen LogP contribution in [0.2, 0.25) is 10.0 Å². The molecule has 6 nitrogen and oxygen atoms in total. The molecule has 0 aliphatic carbocycles. The minimum Gasteiger partial charge on any atom is -0.495 e. The van der Waals surface area contributed by atoms with Gasteiger partial charge in [-0.1, -0.05) is 48.7 Å². The van der Waals surface area contributed by atoms with Crippen LogP contribution in [0, 0.1) is 0 Å². The molecule has 0 saturated carbocycles. The van der Waals surface area contributed by atoms with Gasteiger partial charge in [-0.3, -0.25) is 9.10 Å². The molecule has 0 fully saturated rings. The Hall–Kier alpha value is -1.96. The number of carbonyl (C=O) groups is 1. The third-order valence-corrected chi connectivity index (χ3v) is 6.43. The van der Waals surface area contributed by atoms with Crippen LogP contribution >= 0.6 is 23.2 Å². The van der Waals surface area contributed by atoms with Gasteiger partial charge in [-0.2, -0.15) is 0 Å². The molecule has 1 amide bonds. The summed E-state index contributed by atoms with van der Waals surface area (Å²) in [6.07, 6.45) is 1.71. The average Bonchev–Trinajstić information content (AvgIpc) is 2.68. The SMILES string of the molecule is CCCCNC(=O)CN(c1ccccc1OC)S(=O)(=O)c1cc(Cl)ccc1Cl. The quantitative estimate of drug-likeness (QED) is 0.590. The molecule has 0 bridgehead atoms. The molecular weight excluding hydrogens is 423 g/mol. The fraction of sp³-hybridized carbons (Fsp3) is 0.316. The number of amides is 1. The number of hydrogen-bond acceptors (Lipinski definition) is 4. The summed E-state index contributed by atoms with van der Waals surface area (Å²) in [6, 6.07) is 10.7. The third kappa shape index (κ3) is 5.31. The van der Waals surface area contributed by atoms with Gasteiger partial charge in [-0.15, -0.1) is 0 Å². The van der Waals surface area contributed by atoms with Gasteiger partial charge in [0, 0.05) is 11.6 Å². The van der Waals surface area contributed by atoms with Gasteiger partial charge < -0.3 is 10.1 Å². The van der Waals surface area contributed by atoms with E-state index in [1.54, 1.807) is 24.3 Å². The van der Waals surface area contributed by atoms with Gasteiger partial charge >= 0.3 is 0 Å². The van der Waals surface area contributed by atoms with Crippen molar-refractivity contribution < 1.29 is 17.9 Å². The molecule has 0 unspecified atom stereocenters. The Kier molecular flexibility index (Phi) is 7.98. The summed E-state index contributed by atoms with van der Waals surface area (Å²) >= 11 is 12.1. The number of ether oxygens (including phenoxy) is 1. The number of anilines is 1. The molecule has 0 saturated heterocycles. The molecule has 0 heterocycles. The van der Waals surface area contributed by atoms with E-state index >= 15 is 0 Å². The Morgan fingerprint density at radius 1 is 1.18 bits per heavy atom. The highest BCUT2D eigenvalue weighted by molar-refractivity contribution is 7.93. The standard InChI is InChI=1S/C19H22Cl2N2O4S/c1-3-4-11-22-19(24)13-23(16-7-5-6-8-17(16)27-2)28(25,26)18-12-14(20)9-10-15(18)21/h5-10,12H,3-4,11,13H2,1-2H3,(H,22,24). The first kappa shape index (κ1) is 22.3. The molecule has 152 valence electrons.